The van der Waals surface area contributed by atoms with Gasteiger partial charge in [0.25, 0.3) is 0 Å². The van der Waals surface area contributed by atoms with Crippen LogP contribution in [0.2, 0.25) is 0 Å². The molecule has 0 bridgehead atoms. The molecule has 1 aliphatic carbocycles. The number of aliphatic imine (C=N–C) groups is 1. The van der Waals surface area contributed by atoms with Crippen molar-refractivity contribution in [2.45, 2.75) is 25.7 Å². The second-order valence-electron chi connectivity index (χ2n) is 4.24. The minimum absolute atomic E-state index is 0.780. The Balaban J connectivity index is 0.000000136. The SMILES string of the molecule is S=c1cccc[nH]1.SC1=CN=C(C2CC2)CC1. The molecule has 2 heterocycles. The Morgan fingerprint density at radius 1 is 1.29 bits per heavy atom. The quantitative estimate of drug-likeness (QED) is 0.579. The first kappa shape index (κ1) is 12.6. The van der Waals surface area contributed by atoms with E-state index in [1.165, 1.54) is 18.6 Å². The lowest BCUT2D eigenvalue weighted by atomic mass is 10.1. The summed E-state index contributed by atoms with van der Waals surface area (Å²) in [5.41, 5.74) is 1.41. The maximum absolute atomic E-state index is 4.76. The van der Waals surface area contributed by atoms with Gasteiger partial charge in [0, 0.05) is 23.0 Å². The van der Waals surface area contributed by atoms with Gasteiger partial charge in [-0.2, -0.15) is 0 Å². The third-order valence-corrected chi connectivity index (χ3v) is 3.34. The largest absolute Gasteiger partial charge is 0.353 e. The molecule has 1 fully saturated rings. The highest BCUT2D eigenvalue weighted by atomic mass is 32.1. The summed E-state index contributed by atoms with van der Waals surface area (Å²) in [6.07, 6.45) is 8.71. The Morgan fingerprint density at radius 3 is 2.53 bits per heavy atom. The average Bonchev–Trinajstić information content (AvgIpc) is 3.16. The third kappa shape index (κ3) is 4.48. The second kappa shape index (κ2) is 6.17. The van der Waals surface area contributed by atoms with E-state index in [-0.39, 0.29) is 0 Å². The van der Waals surface area contributed by atoms with Crippen molar-refractivity contribution in [2.75, 3.05) is 0 Å². The van der Waals surface area contributed by atoms with Crippen molar-refractivity contribution in [1.82, 2.24) is 4.98 Å². The van der Waals surface area contributed by atoms with E-state index >= 15 is 0 Å². The Bertz CT molecular complexity index is 467. The first-order valence-corrected chi connectivity index (χ1v) is 6.69. The third-order valence-electron chi connectivity index (χ3n) is 2.75. The smallest absolute Gasteiger partial charge is 0.103 e. The molecule has 0 unspecified atom stereocenters. The summed E-state index contributed by atoms with van der Waals surface area (Å²) >= 11 is 9.00. The van der Waals surface area contributed by atoms with Gasteiger partial charge in [-0.3, -0.25) is 4.99 Å². The number of rotatable bonds is 1. The highest BCUT2D eigenvalue weighted by Crippen LogP contribution is 2.34. The van der Waals surface area contributed by atoms with Crippen molar-refractivity contribution in [3.8, 4) is 0 Å². The molecule has 2 aliphatic rings. The van der Waals surface area contributed by atoms with Crippen LogP contribution in [0.4, 0.5) is 0 Å². The molecule has 0 aromatic carbocycles. The zero-order valence-electron chi connectivity index (χ0n) is 9.60. The van der Waals surface area contributed by atoms with Crippen molar-refractivity contribution in [3.05, 3.63) is 40.1 Å². The van der Waals surface area contributed by atoms with E-state index in [9.17, 15) is 0 Å². The maximum atomic E-state index is 4.76. The van der Waals surface area contributed by atoms with Crippen LogP contribution in [0.3, 0.4) is 0 Å². The summed E-state index contributed by atoms with van der Waals surface area (Å²) in [7, 11) is 0. The molecule has 1 N–H and O–H groups in total. The lowest BCUT2D eigenvalue weighted by Gasteiger charge is -2.08. The Kier molecular flexibility index (Phi) is 4.57. The molecule has 2 nitrogen and oxygen atoms in total. The van der Waals surface area contributed by atoms with Crippen molar-refractivity contribution >= 4 is 30.6 Å². The number of hydrogen-bond donors (Lipinski definition) is 2. The van der Waals surface area contributed by atoms with Crippen molar-refractivity contribution in [2.24, 2.45) is 10.9 Å². The number of hydrogen-bond acceptors (Lipinski definition) is 3. The number of thiol groups is 1. The molecule has 1 aromatic rings. The number of nitrogens with zero attached hydrogens (tertiary/aromatic N) is 1. The normalized spacial score (nSPS) is 18.6. The summed E-state index contributed by atoms with van der Waals surface area (Å²) < 4.78 is 0.780. The molecule has 17 heavy (non-hydrogen) atoms. The Hall–Kier alpha value is -0.870. The molecule has 1 aliphatic heterocycles. The number of pyridine rings is 1. The van der Waals surface area contributed by atoms with E-state index in [4.69, 9.17) is 12.2 Å². The van der Waals surface area contributed by atoms with Crippen LogP contribution in [0.15, 0.2) is 40.5 Å². The van der Waals surface area contributed by atoms with Crippen LogP contribution in [-0.4, -0.2) is 10.7 Å². The summed E-state index contributed by atoms with van der Waals surface area (Å²) in [5.74, 6) is 0.845. The van der Waals surface area contributed by atoms with Gasteiger partial charge in [0.15, 0.2) is 0 Å². The highest BCUT2D eigenvalue weighted by Gasteiger charge is 2.27. The van der Waals surface area contributed by atoms with Gasteiger partial charge in [0.1, 0.15) is 4.64 Å². The topological polar surface area (TPSA) is 28.1 Å². The molecule has 0 saturated heterocycles. The van der Waals surface area contributed by atoms with E-state index in [0.717, 1.165) is 28.3 Å². The molecular formula is C13H16N2S2. The standard InChI is InChI=1S/C8H11NS.C5H5NS/c10-7-3-4-8(9-5-7)6-1-2-6;7-5-3-1-2-4-6-5/h5-6,10H,1-4H2;1-4H,(H,6,7). The van der Waals surface area contributed by atoms with Crippen LogP contribution in [0.25, 0.3) is 0 Å². The summed E-state index contributed by atoms with van der Waals surface area (Å²) in [6.45, 7) is 0. The monoisotopic (exact) mass is 264 g/mol. The van der Waals surface area contributed by atoms with Gasteiger partial charge in [0.05, 0.1) is 0 Å². The molecule has 1 aromatic heterocycles. The predicted molar refractivity (Wildman–Crippen MR) is 78.1 cm³/mol. The fourth-order valence-electron chi connectivity index (χ4n) is 1.65. The van der Waals surface area contributed by atoms with Crippen LogP contribution in [-0.2, 0) is 0 Å². The lowest BCUT2D eigenvalue weighted by Crippen LogP contribution is -2.03. The molecule has 4 heteroatoms. The summed E-state index contributed by atoms with van der Waals surface area (Å²) in [4.78, 5) is 8.33. The van der Waals surface area contributed by atoms with Gasteiger partial charge in [-0.1, -0.05) is 18.3 Å². The van der Waals surface area contributed by atoms with E-state index in [1.807, 2.05) is 30.6 Å². The number of nitrogens with one attached hydrogen (secondary N) is 1. The van der Waals surface area contributed by atoms with Crippen LogP contribution >= 0.6 is 24.8 Å². The second-order valence-corrected chi connectivity index (χ2v) is 5.26. The highest BCUT2D eigenvalue weighted by molar-refractivity contribution is 7.84. The molecule has 0 radical (unpaired) electrons. The minimum Gasteiger partial charge on any atom is -0.353 e. The molecule has 0 atom stereocenters. The number of aromatic amines is 1. The molecule has 90 valence electrons. The number of H-pyrrole nitrogens is 1. The van der Waals surface area contributed by atoms with Gasteiger partial charge >= 0.3 is 0 Å². The van der Waals surface area contributed by atoms with Gasteiger partial charge in [-0.05, 0) is 43.7 Å². The van der Waals surface area contributed by atoms with Gasteiger partial charge in [-0.25, -0.2) is 0 Å². The van der Waals surface area contributed by atoms with Crippen LogP contribution < -0.4 is 0 Å². The van der Waals surface area contributed by atoms with Gasteiger partial charge in [0.2, 0.25) is 0 Å². The van der Waals surface area contributed by atoms with E-state index in [2.05, 4.69) is 22.6 Å². The Labute approximate surface area is 112 Å². The molecular weight excluding hydrogens is 248 g/mol. The fraction of sp³-hybridized carbons (Fsp3) is 0.385. The molecule has 3 rings (SSSR count). The molecule has 0 amide bonds. The van der Waals surface area contributed by atoms with Gasteiger partial charge < -0.3 is 4.98 Å². The van der Waals surface area contributed by atoms with Crippen molar-refractivity contribution in [3.63, 3.8) is 0 Å². The van der Waals surface area contributed by atoms with E-state index in [1.54, 1.807) is 0 Å². The lowest BCUT2D eigenvalue weighted by molar-refractivity contribution is 0.977. The first-order valence-electron chi connectivity index (χ1n) is 5.84. The fourth-order valence-corrected chi connectivity index (χ4v) is 1.96. The van der Waals surface area contributed by atoms with Crippen LogP contribution in [0, 0.1) is 10.6 Å². The number of aromatic nitrogens is 1. The first-order chi connectivity index (χ1) is 8.25. The zero-order chi connectivity index (χ0) is 12.1. The Morgan fingerprint density at radius 2 is 2.12 bits per heavy atom. The van der Waals surface area contributed by atoms with Crippen LogP contribution in [0.1, 0.15) is 25.7 Å². The van der Waals surface area contributed by atoms with Gasteiger partial charge in [-0.15, -0.1) is 12.6 Å². The number of allylic oxidation sites excluding steroid dienone is 1. The molecule has 0 spiro atoms. The minimum atomic E-state index is 0.780. The average molecular weight is 264 g/mol. The van der Waals surface area contributed by atoms with Crippen molar-refractivity contribution in [1.29, 1.82) is 0 Å². The summed E-state index contributed by atoms with van der Waals surface area (Å²) in [5, 5.41) is 0. The van der Waals surface area contributed by atoms with E-state index < -0.39 is 0 Å². The predicted octanol–water partition coefficient (Wildman–Crippen LogP) is 4.15. The summed E-state index contributed by atoms with van der Waals surface area (Å²) in [6, 6.07) is 5.64. The van der Waals surface area contributed by atoms with E-state index in [0.29, 0.717) is 0 Å². The maximum Gasteiger partial charge on any atom is 0.103 e. The molecule has 1 saturated carbocycles. The van der Waals surface area contributed by atoms with Crippen molar-refractivity contribution < 1.29 is 0 Å². The van der Waals surface area contributed by atoms with Crippen LogP contribution in [0.5, 0.6) is 0 Å². The zero-order valence-corrected chi connectivity index (χ0v) is 11.3.